The van der Waals surface area contributed by atoms with E-state index in [9.17, 15) is 0 Å². The van der Waals surface area contributed by atoms with Gasteiger partial charge in [0.2, 0.25) is 0 Å². The molecule has 0 saturated carbocycles. The van der Waals surface area contributed by atoms with Gasteiger partial charge in [-0.05, 0) is 6.07 Å². The van der Waals surface area contributed by atoms with Crippen molar-refractivity contribution in [1.29, 1.82) is 0 Å². The lowest BCUT2D eigenvalue weighted by atomic mass is 10.2. The molecule has 0 aliphatic carbocycles. The van der Waals surface area contributed by atoms with E-state index in [-0.39, 0.29) is 0 Å². The maximum atomic E-state index is 6.17. The lowest BCUT2D eigenvalue weighted by Gasteiger charge is -2.21. The third-order valence-electron chi connectivity index (χ3n) is 3.05. The highest BCUT2D eigenvalue weighted by Crippen LogP contribution is 2.30. The Hall–Kier alpha value is -2.01. The number of nitrogen functional groups attached to an aromatic ring is 1. The van der Waals surface area contributed by atoms with E-state index in [1.54, 1.807) is 0 Å². The average molecular weight is 277 g/mol. The average Bonchev–Trinajstić information content (AvgIpc) is 2.64. The fourth-order valence-electron chi connectivity index (χ4n) is 2.10. The molecule has 0 saturated heterocycles. The molecule has 0 fully saturated rings. The zero-order valence-corrected chi connectivity index (χ0v) is 11.0. The smallest absolute Gasteiger partial charge is 0.153 e. The van der Waals surface area contributed by atoms with Crippen LogP contribution in [0.1, 0.15) is 5.56 Å². The first-order chi connectivity index (χ1) is 9.25. The molecule has 19 heavy (non-hydrogen) atoms. The van der Waals surface area contributed by atoms with Gasteiger partial charge in [0.15, 0.2) is 5.82 Å². The zero-order chi connectivity index (χ0) is 13.2. The molecule has 2 aromatic rings. The SMILES string of the molecule is Nc1ncnc(N2CCOc3ccccc3C2)c1Cl. The standard InChI is InChI=1S/C13H13ClN4O/c14-11-12(15)16-8-17-13(11)18-5-6-19-10-4-2-1-3-9(10)7-18/h1-4,8H,5-7H2,(H2,15,16,17). The number of aromatic nitrogens is 2. The number of hydrogen-bond donors (Lipinski definition) is 1. The number of anilines is 2. The molecule has 1 aliphatic heterocycles. The van der Waals surface area contributed by atoms with Gasteiger partial charge in [0.05, 0.1) is 6.54 Å². The molecule has 98 valence electrons. The number of nitrogens with two attached hydrogens (primary N) is 1. The molecule has 3 rings (SSSR count). The van der Waals surface area contributed by atoms with Gasteiger partial charge < -0.3 is 15.4 Å². The Kier molecular flexibility index (Phi) is 3.13. The highest BCUT2D eigenvalue weighted by molar-refractivity contribution is 6.35. The normalized spacial score (nSPS) is 14.5. The van der Waals surface area contributed by atoms with Crippen LogP contribution in [0.4, 0.5) is 11.6 Å². The van der Waals surface area contributed by atoms with Crippen molar-refractivity contribution in [2.75, 3.05) is 23.8 Å². The van der Waals surface area contributed by atoms with Crippen molar-refractivity contribution in [2.24, 2.45) is 0 Å². The minimum absolute atomic E-state index is 0.296. The first kappa shape index (κ1) is 12.0. The second-order valence-corrected chi connectivity index (χ2v) is 4.65. The van der Waals surface area contributed by atoms with Crippen LogP contribution in [0.2, 0.25) is 5.02 Å². The molecule has 2 heterocycles. The van der Waals surface area contributed by atoms with Gasteiger partial charge in [-0.2, -0.15) is 0 Å². The molecule has 0 radical (unpaired) electrons. The Morgan fingerprint density at radius 1 is 1.26 bits per heavy atom. The van der Waals surface area contributed by atoms with E-state index < -0.39 is 0 Å². The molecule has 0 bridgehead atoms. The minimum atomic E-state index is 0.296. The molecule has 2 N–H and O–H groups in total. The van der Waals surface area contributed by atoms with Crippen LogP contribution in [-0.4, -0.2) is 23.1 Å². The maximum absolute atomic E-state index is 6.17. The lowest BCUT2D eigenvalue weighted by molar-refractivity contribution is 0.331. The zero-order valence-electron chi connectivity index (χ0n) is 10.2. The third-order valence-corrected chi connectivity index (χ3v) is 3.41. The van der Waals surface area contributed by atoms with Crippen LogP contribution in [-0.2, 0) is 6.54 Å². The van der Waals surface area contributed by atoms with Crippen molar-refractivity contribution >= 4 is 23.2 Å². The van der Waals surface area contributed by atoms with E-state index in [1.807, 2.05) is 29.2 Å². The van der Waals surface area contributed by atoms with Crippen LogP contribution in [0.25, 0.3) is 0 Å². The first-order valence-electron chi connectivity index (χ1n) is 5.97. The number of rotatable bonds is 1. The first-order valence-corrected chi connectivity index (χ1v) is 6.35. The summed E-state index contributed by atoms with van der Waals surface area (Å²) in [6, 6.07) is 7.95. The van der Waals surface area contributed by atoms with E-state index in [0.29, 0.717) is 36.4 Å². The van der Waals surface area contributed by atoms with Gasteiger partial charge in [-0.15, -0.1) is 0 Å². The molecule has 0 atom stereocenters. The largest absolute Gasteiger partial charge is 0.491 e. The van der Waals surface area contributed by atoms with Crippen molar-refractivity contribution < 1.29 is 4.74 Å². The molecule has 0 spiro atoms. The highest BCUT2D eigenvalue weighted by atomic mass is 35.5. The number of hydrogen-bond acceptors (Lipinski definition) is 5. The summed E-state index contributed by atoms with van der Waals surface area (Å²) in [5, 5.41) is 0.391. The topological polar surface area (TPSA) is 64.3 Å². The molecule has 0 unspecified atom stereocenters. The summed E-state index contributed by atoms with van der Waals surface area (Å²) in [5.41, 5.74) is 6.82. The van der Waals surface area contributed by atoms with Crippen molar-refractivity contribution in [3.8, 4) is 5.75 Å². The van der Waals surface area contributed by atoms with Crippen LogP contribution in [0.15, 0.2) is 30.6 Å². The summed E-state index contributed by atoms with van der Waals surface area (Å²) in [7, 11) is 0. The molecule has 1 aliphatic rings. The van der Waals surface area contributed by atoms with Gasteiger partial charge >= 0.3 is 0 Å². The predicted molar refractivity (Wildman–Crippen MR) is 74.4 cm³/mol. The third kappa shape index (κ3) is 2.29. The molecule has 5 nitrogen and oxygen atoms in total. The Morgan fingerprint density at radius 3 is 3.00 bits per heavy atom. The molecular formula is C13H13ClN4O. The summed E-state index contributed by atoms with van der Waals surface area (Å²) in [6.45, 7) is 1.97. The van der Waals surface area contributed by atoms with Gasteiger partial charge in [0.1, 0.15) is 29.5 Å². The van der Waals surface area contributed by atoms with Crippen molar-refractivity contribution in [3.05, 3.63) is 41.2 Å². The van der Waals surface area contributed by atoms with Crippen molar-refractivity contribution in [2.45, 2.75) is 6.54 Å². The van der Waals surface area contributed by atoms with E-state index in [4.69, 9.17) is 22.1 Å². The second-order valence-electron chi connectivity index (χ2n) is 4.27. The number of fused-ring (bicyclic) bond motifs is 1. The fourth-order valence-corrected chi connectivity index (χ4v) is 2.32. The summed E-state index contributed by atoms with van der Waals surface area (Å²) in [6.07, 6.45) is 1.42. The Labute approximate surface area is 116 Å². The van der Waals surface area contributed by atoms with Crippen LogP contribution < -0.4 is 15.4 Å². The lowest BCUT2D eigenvalue weighted by Crippen LogP contribution is -2.26. The van der Waals surface area contributed by atoms with Gasteiger partial charge in [-0.25, -0.2) is 9.97 Å². The number of halogens is 1. The van der Waals surface area contributed by atoms with E-state index in [1.165, 1.54) is 6.33 Å². The van der Waals surface area contributed by atoms with Crippen LogP contribution >= 0.6 is 11.6 Å². The number of para-hydroxylation sites is 1. The van der Waals surface area contributed by atoms with E-state index in [2.05, 4.69) is 9.97 Å². The Bertz CT molecular complexity index is 605. The number of nitrogens with zero attached hydrogens (tertiary/aromatic N) is 3. The second kappa shape index (κ2) is 4.93. The Morgan fingerprint density at radius 2 is 2.11 bits per heavy atom. The van der Waals surface area contributed by atoms with Gasteiger partial charge in [-0.3, -0.25) is 0 Å². The Balaban J connectivity index is 1.96. The monoisotopic (exact) mass is 276 g/mol. The summed E-state index contributed by atoms with van der Waals surface area (Å²) >= 11 is 6.17. The van der Waals surface area contributed by atoms with Gasteiger partial charge in [-0.1, -0.05) is 29.8 Å². The summed E-state index contributed by atoms with van der Waals surface area (Å²) in [4.78, 5) is 10.2. The van der Waals surface area contributed by atoms with Crippen molar-refractivity contribution in [3.63, 3.8) is 0 Å². The molecule has 1 aromatic heterocycles. The summed E-state index contributed by atoms with van der Waals surface area (Å²) in [5.74, 6) is 1.85. The molecule has 1 aromatic carbocycles. The maximum Gasteiger partial charge on any atom is 0.153 e. The number of ether oxygens (including phenoxy) is 1. The van der Waals surface area contributed by atoms with Crippen molar-refractivity contribution in [1.82, 2.24) is 9.97 Å². The van der Waals surface area contributed by atoms with E-state index in [0.717, 1.165) is 11.3 Å². The van der Waals surface area contributed by atoms with Crippen LogP contribution in [0, 0.1) is 0 Å². The van der Waals surface area contributed by atoms with Gasteiger partial charge in [0, 0.05) is 12.1 Å². The molecule has 0 amide bonds. The van der Waals surface area contributed by atoms with Crippen LogP contribution in [0.5, 0.6) is 5.75 Å². The fraction of sp³-hybridized carbons (Fsp3) is 0.231. The number of benzene rings is 1. The molecular weight excluding hydrogens is 264 g/mol. The predicted octanol–water partition coefficient (Wildman–Crippen LogP) is 2.11. The minimum Gasteiger partial charge on any atom is -0.491 e. The highest BCUT2D eigenvalue weighted by Gasteiger charge is 2.19. The van der Waals surface area contributed by atoms with Crippen LogP contribution in [0.3, 0.4) is 0 Å². The summed E-state index contributed by atoms with van der Waals surface area (Å²) < 4.78 is 5.71. The quantitative estimate of drug-likeness (QED) is 0.864. The molecule has 6 heteroatoms. The van der Waals surface area contributed by atoms with E-state index >= 15 is 0 Å². The van der Waals surface area contributed by atoms with Gasteiger partial charge in [0.25, 0.3) is 0 Å².